The van der Waals surface area contributed by atoms with Gasteiger partial charge in [-0.25, -0.2) is 0 Å². The van der Waals surface area contributed by atoms with Crippen molar-refractivity contribution in [3.05, 3.63) is 83.4 Å². The van der Waals surface area contributed by atoms with Crippen LogP contribution in [0.3, 0.4) is 0 Å². The summed E-state index contributed by atoms with van der Waals surface area (Å²) < 4.78 is 6.30. The molecule has 0 aliphatic carbocycles. The van der Waals surface area contributed by atoms with Crippen molar-refractivity contribution in [1.82, 2.24) is 0 Å². The lowest BCUT2D eigenvalue weighted by Gasteiger charge is -2.42. The molecule has 3 aromatic carbocycles. The molecule has 1 heterocycles. The molecule has 200 valence electrons. The van der Waals surface area contributed by atoms with E-state index in [9.17, 15) is 10.5 Å². The molecule has 5 heteroatoms. The van der Waals surface area contributed by atoms with E-state index in [4.69, 9.17) is 4.74 Å². The second-order valence-corrected chi connectivity index (χ2v) is 12.0. The maximum absolute atomic E-state index is 10.8. The van der Waals surface area contributed by atoms with Crippen LogP contribution in [0.15, 0.2) is 61.2 Å². The van der Waals surface area contributed by atoms with Crippen LogP contribution in [0, 0.1) is 22.7 Å². The highest BCUT2D eigenvalue weighted by Gasteiger charge is 2.40. The van der Waals surface area contributed by atoms with Crippen molar-refractivity contribution in [1.29, 1.82) is 10.5 Å². The summed E-state index contributed by atoms with van der Waals surface area (Å²) >= 11 is 0. The van der Waals surface area contributed by atoms with Gasteiger partial charge >= 0.3 is 0 Å². The van der Waals surface area contributed by atoms with E-state index in [1.54, 1.807) is 0 Å². The molecule has 4 rings (SSSR count). The molecule has 0 spiro atoms. The smallest absolute Gasteiger partial charge is 0.151 e. The first-order valence-corrected chi connectivity index (χ1v) is 13.6. The lowest BCUT2D eigenvalue weighted by Crippen LogP contribution is -2.34. The number of fused-ring (bicyclic) bond motifs is 2. The molecule has 0 radical (unpaired) electrons. The fourth-order valence-electron chi connectivity index (χ4n) is 5.61. The zero-order valence-electron chi connectivity index (χ0n) is 24.2. The van der Waals surface area contributed by atoms with Crippen molar-refractivity contribution in [2.24, 2.45) is 0 Å². The molecule has 1 aliphatic heterocycles. The Kier molecular flexibility index (Phi) is 7.49. The van der Waals surface area contributed by atoms with Gasteiger partial charge in [0, 0.05) is 13.1 Å². The van der Waals surface area contributed by atoms with Crippen LogP contribution in [-0.4, -0.2) is 13.1 Å². The number of ether oxygens (including phenoxy) is 1. The minimum Gasteiger partial charge on any atom is -0.453 e. The predicted molar refractivity (Wildman–Crippen MR) is 161 cm³/mol. The van der Waals surface area contributed by atoms with Crippen molar-refractivity contribution in [2.45, 2.75) is 65.7 Å². The van der Waals surface area contributed by atoms with Gasteiger partial charge in [0.25, 0.3) is 0 Å². The summed E-state index contributed by atoms with van der Waals surface area (Å²) in [6.45, 7) is 20.6. The molecule has 0 atom stereocenters. The third-order valence-corrected chi connectivity index (χ3v) is 6.99. The largest absolute Gasteiger partial charge is 0.453 e. The molecule has 0 saturated heterocycles. The summed E-state index contributed by atoms with van der Waals surface area (Å²) in [5, 5.41) is 21.5. The normalized spacial score (nSPS) is 12.5. The van der Waals surface area contributed by atoms with E-state index in [-0.39, 0.29) is 10.8 Å². The van der Waals surface area contributed by atoms with Crippen LogP contribution >= 0.6 is 0 Å². The zero-order chi connectivity index (χ0) is 28.5. The first kappa shape index (κ1) is 27.8. The van der Waals surface area contributed by atoms with Gasteiger partial charge < -0.3 is 14.5 Å². The molecule has 0 N–H and O–H groups in total. The number of hydrogen-bond donors (Lipinski definition) is 0. The van der Waals surface area contributed by atoms with Crippen molar-refractivity contribution in [3.8, 4) is 23.6 Å². The maximum atomic E-state index is 10.8. The van der Waals surface area contributed by atoms with E-state index in [2.05, 4.69) is 77.0 Å². The minimum absolute atomic E-state index is 0.329. The van der Waals surface area contributed by atoms with E-state index in [0.29, 0.717) is 29.2 Å². The Labute approximate surface area is 233 Å². The van der Waals surface area contributed by atoms with Gasteiger partial charge in [-0.2, -0.15) is 10.5 Å². The quantitative estimate of drug-likeness (QED) is 0.238. The molecule has 3 aromatic rings. The van der Waals surface area contributed by atoms with E-state index < -0.39 is 0 Å². The molecule has 0 amide bonds. The lowest BCUT2D eigenvalue weighted by atomic mass is 9.71. The van der Waals surface area contributed by atoms with Crippen molar-refractivity contribution in [3.63, 3.8) is 0 Å². The summed E-state index contributed by atoms with van der Waals surface area (Å²) in [5.74, 6) is 1.42. The lowest BCUT2D eigenvalue weighted by molar-refractivity contribution is 0.476. The number of nitrogens with zero attached hydrogens (tertiary/aromatic N) is 4. The highest BCUT2D eigenvalue weighted by atomic mass is 16.5. The summed E-state index contributed by atoms with van der Waals surface area (Å²) in [6.07, 6.45) is 2.77. The first-order chi connectivity index (χ1) is 18.5. The number of para-hydroxylation sites is 4. The average molecular weight is 519 g/mol. The van der Waals surface area contributed by atoms with Gasteiger partial charge in [0.2, 0.25) is 0 Å². The van der Waals surface area contributed by atoms with Gasteiger partial charge in [-0.15, -0.1) is 6.58 Å². The Morgan fingerprint density at radius 3 is 1.79 bits per heavy atom. The monoisotopic (exact) mass is 518 g/mol. The van der Waals surface area contributed by atoms with E-state index in [0.717, 1.165) is 46.8 Å². The fourth-order valence-corrected chi connectivity index (χ4v) is 5.61. The Morgan fingerprint density at radius 2 is 1.36 bits per heavy atom. The van der Waals surface area contributed by atoms with Gasteiger partial charge in [-0.1, -0.05) is 78.8 Å². The Hall–Kier alpha value is -4.22. The van der Waals surface area contributed by atoms with E-state index in [1.807, 2.05) is 54.6 Å². The zero-order valence-corrected chi connectivity index (χ0v) is 24.2. The molecular formula is C34H38N4O. The van der Waals surface area contributed by atoms with Crippen molar-refractivity contribution in [2.75, 3.05) is 22.9 Å². The molecule has 0 saturated carbocycles. The minimum atomic E-state index is -0.361. The Bertz CT molecular complexity index is 1450. The summed E-state index contributed by atoms with van der Waals surface area (Å²) in [6, 6.07) is 20.7. The second-order valence-electron chi connectivity index (χ2n) is 12.0. The van der Waals surface area contributed by atoms with Crippen molar-refractivity contribution >= 4 is 22.7 Å². The second kappa shape index (κ2) is 10.5. The third kappa shape index (κ3) is 4.86. The number of nitriles is 2. The van der Waals surface area contributed by atoms with E-state index in [1.165, 1.54) is 0 Å². The molecule has 0 fully saturated rings. The average Bonchev–Trinajstić information content (AvgIpc) is 2.88. The molecular weight excluding hydrogens is 480 g/mol. The molecule has 0 bridgehead atoms. The van der Waals surface area contributed by atoms with Crippen LogP contribution in [0.4, 0.5) is 22.7 Å². The van der Waals surface area contributed by atoms with Gasteiger partial charge in [-0.3, -0.25) is 0 Å². The molecule has 1 aliphatic rings. The van der Waals surface area contributed by atoms with Crippen LogP contribution in [0.5, 0.6) is 11.5 Å². The van der Waals surface area contributed by atoms with Crippen LogP contribution < -0.4 is 14.5 Å². The van der Waals surface area contributed by atoms with E-state index >= 15 is 0 Å². The van der Waals surface area contributed by atoms with Crippen LogP contribution in [0.25, 0.3) is 0 Å². The predicted octanol–water partition coefficient (Wildman–Crippen LogP) is 9.00. The van der Waals surface area contributed by atoms with Crippen molar-refractivity contribution < 1.29 is 4.74 Å². The molecule has 0 unspecified atom stereocenters. The first-order valence-electron chi connectivity index (χ1n) is 13.6. The topological polar surface area (TPSA) is 63.3 Å². The van der Waals surface area contributed by atoms with Crippen LogP contribution in [-0.2, 0) is 10.8 Å². The van der Waals surface area contributed by atoms with Gasteiger partial charge in [-0.05, 0) is 52.6 Å². The standard InChI is InChI=1S/C34H38N4O/c1-9-19-37(20-10-2)31-23(21-35)24(22-36)32(30(34(6,7)8)29(31)33(3,4)5)38-25-15-11-13-17-27(25)39-28-18-14-12-16-26(28)38/h9,11-18H,1,10,19-20H2,2-8H3. The fraction of sp³-hybridized carbons (Fsp3) is 0.353. The van der Waals surface area contributed by atoms with Crippen LogP contribution in [0.1, 0.15) is 77.1 Å². The highest BCUT2D eigenvalue weighted by molar-refractivity contribution is 5.94. The highest BCUT2D eigenvalue weighted by Crippen LogP contribution is 2.56. The van der Waals surface area contributed by atoms with Gasteiger partial charge in [0.05, 0.1) is 33.9 Å². The Morgan fingerprint density at radius 1 is 0.846 bits per heavy atom. The molecule has 0 aromatic heterocycles. The summed E-state index contributed by atoms with van der Waals surface area (Å²) in [4.78, 5) is 4.35. The van der Waals surface area contributed by atoms with Gasteiger partial charge in [0.1, 0.15) is 12.1 Å². The summed E-state index contributed by atoms with van der Waals surface area (Å²) in [5.41, 5.74) is 5.49. The van der Waals surface area contributed by atoms with Crippen LogP contribution in [0.2, 0.25) is 0 Å². The number of anilines is 4. The number of rotatable bonds is 6. The van der Waals surface area contributed by atoms with Gasteiger partial charge in [0.15, 0.2) is 11.5 Å². The molecule has 5 nitrogen and oxygen atoms in total. The molecule has 39 heavy (non-hydrogen) atoms. The third-order valence-electron chi connectivity index (χ3n) is 6.99. The SMILES string of the molecule is C=CCN(CCC)c1c(C#N)c(C#N)c(N2c3ccccc3Oc3ccccc32)c(C(C)(C)C)c1C(C)(C)C. The number of hydrogen-bond acceptors (Lipinski definition) is 5. The Balaban J connectivity index is 2.30. The number of benzene rings is 3. The summed E-state index contributed by atoms with van der Waals surface area (Å²) in [7, 11) is 0. The maximum Gasteiger partial charge on any atom is 0.151 e.